The van der Waals surface area contributed by atoms with Gasteiger partial charge in [0.05, 0.1) is 5.69 Å². The van der Waals surface area contributed by atoms with Gasteiger partial charge in [-0.05, 0) is 37.3 Å². The van der Waals surface area contributed by atoms with Crippen molar-refractivity contribution in [2.24, 2.45) is 0 Å². The number of fused-ring (bicyclic) bond motifs is 1. The smallest absolute Gasteiger partial charge is 0.338 e. The van der Waals surface area contributed by atoms with E-state index in [-0.39, 0.29) is 0 Å². The molecule has 0 spiro atoms. The number of para-hydroxylation sites is 1. The van der Waals surface area contributed by atoms with E-state index in [0.717, 1.165) is 10.8 Å². The molecule has 0 aliphatic heterocycles. The lowest BCUT2D eigenvalue weighted by molar-refractivity contribution is -0.129. The molecule has 0 aliphatic rings. The summed E-state index contributed by atoms with van der Waals surface area (Å²) < 4.78 is 11.7. The van der Waals surface area contributed by atoms with E-state index >= 15 is 0 Å². The third kappa shape index (κ3) is 4.07. The van der Waals surface area contributed by atoms with Crippen LogP contribution < -0.4 is 14.4 Å². The predicted molar refractivity (Wildman–Crippen MR) is 110 cm³/mol. The molecule has 0 N–H and O–H groups in total. The number of carbonyl (C=O) groups is 1. The number of benzene rings is 3. The van der Waals surface area contributed by atoms with E-state index in [9.17, 15) is 4.79 Å². The van der Waals surface area contributed by atoms with Gasteiger partial charge in [0.25, 0.3) is 0 Å². The van der Waals surface area contributed by atoms with E-state index < -0.39 is 5.97 Å². The Labute approximate surface area is 163 Å². The molecule has 0 amide bonds. The number of rotatable bonds is 5. The largest absolute Gasteiger partial charge is 0.457 e. The topological polar surface area (TPSA) is 38.8 Å². The molecular formula is C22H20ClNO3. The third-order valence-corrected chi connectivity index (χ3v) is 4.22. The number of hydrogen-bond acceptors (Lipinski definition) is 4. The van der Waals surface area contributed by atoms with Gasteiger partial charge in [0.2, 0.25) is 0 Å². The quantitative estimate of drug-likeness (QED) is 0.316. The number of esters is 1. The van der Waals surface area contributed by atoms with Crippen LogP contribution in [0.5, 0.6) is 17.2 Å². The van der Waals surface area contributed by atoms with E-state index in [1.165, 1.54) is 0 Å². The minimum absolute atomic E-state index is 0.325. The highest BCUT2D eigenvalue weighted by Crippen LogP contribution is 2.43. The zero-order valence-corrected chi connectivity index (χ0v) is 16.2. The Balaban J connectivity index is 2.23. The van der Waals surface area contributed by atoms with Crippen molar-refractivity contribution in [2.45, 2.75) is 6.92 Å². The van der Waals surface area contributed by atoms with Crippen LogP contribution in [0.1, 0.15) is 6.92 Å². The Morgan fingerprint density at radius 1 is 1.04 bits per heavy atom. The summed E-state index contributed by atoms with van der Waals surface area (Å²) in [4.78, 5) is 14.0. The summed E-state index contributed by atoms with van der Waals surface area (Å²) in [6.07, 6.45) is 0. The monoisotopic (exact) mass is 381 g/mol. The second-order valence-electron chi connectivity index (χ2n) is 6.39. The van der Waals surface area contributed by atoms with Crippen LogP contribution in [0.25, 0.3) is 10.8 Å². The second kappa shape index (κ2) is 7.72. The molecule has 0 unspecified atom stereocenters. The van der Waals surface area contributed by atoms with E-state index in [1.54, 1.807) is 19.1 Å². The van der Waals surface area contributed by atoms with Crippen molar-refractivity contribution in [2.75, 3.05) is 19.0 Å². The molecule has 138 valence electrons. The van der Waals surface area contributed by atoms with Gasteiger partial charge in [0.1, 0.15) is 11.5 Å². The molecule has 0 heterocycles. The van der Waals surface area contributed by atoms with Gasteiger partial charge < -0.3 is 14.4 Å². The Bertz CT molecular complexity index is 1010. The van der Waals surface area contributed by atoms with Crippen LogP contribution in [0.2, 0.25) is 5.02 Å². The van der Waals surface area contributed by atoms with Crippen molar-refractivity contribution >= 4 is 34.0 Å². The maximum atomic E-state index is 12.2. The minimum atomic E-state index is -0.480. The molecule has 3 aromatic carbocycles. The van der Waals surface area contributed by atoms with Gasteiger partial charge in [-0.1, -0.05) is 36.4 Å². The van der Waals surface area contributed by atoms with Gasteiger partial charge in [0.15, 0.2) is 5.75 Å². The number of carbonyl (C=O) groups excluding carboxylic acids is 1. The van der Waals surface area contributed by atoms with Crippen LogP contribution in [-0.2, 0) is 4.79 Å². The molecule has 5 heteroatoms. The highest BCUT2D eigenvalue weighted by Gasteiger charge is 2.19. The molecule has 0 radical (unpaired) electrons. The molecule has 0 aromatic heterocycles. The summed E-state index contributed by atoms with van der Waals surface area (Å²) in [5, 5.41) is 2.04. The fourth-order valence-electron chi connectivity index (χ4n) is 2.64. The Kier molecular flexibility index (Phi) is 5.38. The lowest BCUT2D eigenvalue weighted by atomic mass is 10.1. The van der Waals surface area contributed by atoms with E-state index in [0.29, 0.717) is 33.5 Å². The van der Waals surface area contributed by atoms with Crippen molar-refractivity contribution < 1.29 is 14.3 Å². The highest BCUT2D eigenvalue weighted by molar-refractivity contribution is 6.31. The van der Waals surface area contributed by atoms with Crippen molar-refractivity contribution in [1.29, 1.82) is 0 Å². The SMILES string of the molecule is C=C(C)C(=O)Oc1c(N(C)C)cc(Oc2ccccc2)c2cc(Cl)ccc12. The first kappa shape index (κ1) is 18.8. The zero-order chi connectivity index (χ0) is 19.6. The molecule has 0 bridgehead atoms. The van der Waals surface area contributed by atoms with Gasteiger partial charge in [-0.15, -0.1) is 0 Å². The number of anilines is 1. The Morgan fingerprint density at radius 2 is 1.74 bits per heavy atom. The first-order chi connectivity index (χ1) is 12.9. The molecular weight excluding hydrogens is 362 g/mol. The van der Waals surface area contributed by atoms with Crippen molar-refractivity contribution in [3.8, 4) is 17.2 Å². The van der Waals surface area contributed by atoms with Gasteiger partial charge in [-0.25, -0.2) is 4.79 Å². The predicted octanol–water partition coefficient (Wildman–Crippen LogP) is 5.83. The molecule has 3 aromatic rings. The van der Waals surface area contributed by atoms with Gasteiger partial charge in [-0.3, -0.25) is 0 Å². The summed E-state index contributed by atoms with van der Waals surface area (Å²) in [5.41, 5.74) is 1.04. The highest BCUT2D eigenvalue weighted by atomic mass is 35.5. The second-order valence-corrected chi connectivity index (χ2v) is 6.83. The average Bonchev–Trinajstić information content (AvgIpc) is 2.63. The normalized spacial score (nSPS) is 10.5. The maximum absolute atomic E-state index is 12.2. The third-order valence-electron chi connectivity index (χ3n) is 3.99. The van der Waals surface area contributed by atoms with Gasteiger partial charge in [0, 0.05) is 41.5 Å². The van der Waals surface area contributed by atoms with E-state index in [1.807, 2.05) is 61.5 Å². The molecule has 0 saturated heterocycles. The molecule has 0 atom stereocenters. The Hall–Kier alpha value is -2.98. The summed E-state index contributed by atoms with van der Waals surface area (Å²) >= 11 is 6.22. The molecule has 4 nitrogen and oxygen atoms in total. The van der Waals surface area contributed by atoms with E-state index in [4.69, 9.17) is 21.1 Å². The van der Waals surface area contributed by atoms with Crippen LogP contribution in [0.3, 0.4) is 0 Å². The lowest BCUT2D eigenvalue weighted by Crippen LogP contribution is -2.15. The minimum Gasteiger partial charge on any atom is -0.457 e. The fraction of sp³-hybridized carbons (Fsp3) is 0.136. The standard InChI is InChI=1S/C22H20ClNO3/c1-14(2)22(25)27-21-17-11-10-15(23)12-18(17)20(13-19(21)24(3)4)26-16-8-6-5-7-9-16/h5-13H,1H2,2-4H3. The molecule has 0 fully saturated rings. The van der Waals surface area contributed by atoms with Crippen molar-refractivity contribution in [3.63, 3.8) is 0 Å². The number of hydrogen-bond donors (Lipinski definition) is 0. The first-order valence-electron chi connectivity index (χ1n) is 8.41. The summed E-state index contributed by atoms with van der Waals surface area (Å²) in [5.74, 6) is 1.29. The fourth-order valence-corrected chi connectivity index (χ4v) is 2.82. The van der Waals surface area contributed by atoms with Crippen LogP contribution >= 0.6 is 11.6 Å². The number of halogens is 1. The van der Waals surface area contributed by atoms with Crippen LogP contribution in [-0.4, -0.2) is 20.1 Å². The molecule has 0 saturated carbocycles. The summed E-state index contributed by atoms with van der Waals surface area (Å²) in [6, 6.07) is 16.7. The summed E-state index contributed by atoms with van der Waals surface area (Å²) in [6.45, 7) is 5.27. The molecule has 0 aliphatic carbocycles. The van der Waals surface area contributed by atoms with Gasteiger partial charge >= 0.3 is 5.97 Å². The zero-order valence-electron chi connectivity index (χ0n) is 15.5. The van der Waals surface area contributed by atoms with Crippen LogP contribution in [0.4, 0.5) is 5.69 Å². The first-order valence-corrected chi connectivity index (χ1v) is 8.79. The van der Waals surface area contributed by atoms with Crippen molar-refractivity contribution in [3.05, 3.63) is 71.8 Å². The maximum Gasteiger partial charge on any atom is 0.338 e. The van der Waals surface area contributed by atoms with Crippen molar-refractivity contribution in [1.82, 2.24) is 0 Å². The molecule has 27 heavy (non-hydrogen) atoms. The van der Waals surface area contributed by atoms with Gasteiger partial charge in [-0.2, -0.15) is 0 Å². The number of ether oxygens (including phenoxy) is 2. The summed E-state index contributed by atoms with van der Waals surface area (Å²) in [7, 11) is 3.75. The van der Waals surface area contributed by atoms with Crippen LogP contribution in [0, 0.1) is 0 Å². The average molecular weight is 382 g/mol. The Morgan fingerprint density at radius 3 is 2.37 bits per heavy atom. The lowest BCUT2D eigenvalue weighted by Gasteiger charge is -2.21. The van der Waals surface area contributed by atoms with Crippen LogP contribution in [0.15, 0.2) is 66.7 Å². The van der Waals surface area contributed by atoms with E-state index in [2.05, 4.69) is 6.58 Å². The number of nitrogens with zero attached hydrogens (tertiary/aromatic N) is 1. The molecule has 3 rings (SSSR count).